The van der Waals surface area contributed by atoms with Crippen molar-refractivity contribution >= 4 is 0 Å². The summed E-state index contributed by atoms with van der Waals surface area (Å²) < 4.78 is 11.4. The molecule has 0 bridgehead atoms. The predicted octanol–water partition coefficient (Wildman–Crippen LogP) is 3.38. The van der Waals surface area contributed by atoms with Crippen LogP contribution in [0.1, 0.15) is 30.0 Å². The molecule has 1 aliphatic rings. The molecule has 0 spiro atoms. The van der Waals surface area contributed by atoms with E-state index >= 15 is 0 Å². The molecule has 0 amide bonds. The first-order chi connectivity index (χ1) is 10.1. The zero-order valence-electron chi connectivity index (χ0n) is 12.6. The Bertz CT molecular complexity index is 632. The molecule has 3 rings (SSSR count). The molecule has 1 heterocycles. The van der Waals surface area contributed by atoms with Gasteiger partial charge < -0.3 is 15.2 Å². The maximum atomic E-state index is 6.59. The molecule has 1 unspecified atom stereocenters. The Morgan fingerprint density at radius 3 is 2.24 bits per heavy atom. The fourth-order valence-corrected chi connectivity index (χ4v) is 2.55. The van der Waals surface area contributed by atoms with Gasteiger partial charge in [-0.15, -0.1) is 0 Å². The Kier molecular flexibility index (Phi) is 3.60. The zero-order valence-corrected chi connectivity index (χ0v) is 12.6. The summed E-state index contributed by atoms with van der Waals surface area (Å²) in [6.45, 7) is 5.48. The van der Waals surface area contributed by atoms with E-state index in [-0.39, 0.29) is 0 Å². The van der Waals surface area contributed by atoms with Crippen molar-refractivity contribution in [2.75, 3.05) is 13.2 Å². The summed E-state index contributed by atoms with van der Waals surface area (Å²) in [5.41, 5.74) is 9.37. The first-order valence-electron chi connectivity index (χ1n) is 7.33. The average molecular weight is 283 g/mol. The number of ether oxygens (including phenoxy) is 2. The standard InChI is InChI=1S/C18H21NO2/c1-13-4-6-14(7-5-13)18(2,19)15-8-9-16-17(12-15)21-11-3-10-20-16/h4-9,12H,3,10-11,19H2,1-2H3. The van der Waals surface area contributed by atoms with Gasteiger partial charge in [0.2, 0.25) is 0 Å². The fourth-order valence-electron chi connectivity index (χ4n) is 2.55. The molecule has 3 heteroatoms. The molecule has 2 N–H and O–H groups in total. The molecule has 0 fully saturated rings. The van der Waals surface area contributed by atoms with Crippen LogP contribution in [0.15, 0.2) is 42.5 Å². The van der Waals surface area contributed by atoms with Gasteiger partial charge in [-0.1, -0.05) is 35.9 Å². The highest BCUT2D eigenvalue weighted by molar-refractivity contribution is 5.48. The van der Waals surface area contributed by atoms with Crippen molar-refractivity contribution in [3.05, 3.63) is 59.2 Å². The van der Waals surface area contributed by atoms with Crippen LogP contribution in [0, 0.1) is 6.92 Å². The average Bonchev–Trinajstić information content (AvgIpc) is 2.72. The summed E-state index contributed by atoms with van der Waals surface area (Å²) in [7, 11) is 0. The third kappa shape index (κ3) is 2.74. The summed E-state index contributed by atoms with van der Waals surface area (Å²) >= 11 is 0. The molecule has 0 aliphatic carbocycles. The molecular formula is C18H21NO2. The van der Waals surface area contributed by atoms with Crippen LogP contribution in [0.25, 0.3) is 0 Å². The minimum absolute atomic E-state index is 0.557. The van der Waals surface area contributed by atoms with E-state index in [1.54, 1.807) is 0 Å². The number of benzene rings is 2. The third-order valence-electron chi connectivity index (χ3n) is 4.00. The van der Waals surface area contributed by atoms with E-state index in [0.717, 1.165) is 29.0 Å². The first kappa shape index (κ1) is 14.0. The number of hydrogen-bond donors (Lipinski definition) is 1. The van der Waals surface area contributed by atoms with Crippen molar-refractivity contribution in [3.8, 4) is 11.5 Å². The summed E-state index contributed by atoms with van der Waals surface area (Å²) in [5.74, 6) is 1.59. The molecule has 0 radical (unpaired) electrons. The molecule has 3 nitrogen and oxygen atoms in total. The second kappa shape index (κ2) is 5.41. The summed E-state index contributed by atoms with van der Waals surface area (Å²) in [4.78, 5) is 0. The van der Waals surface area contributed by atoms with Gasteiger partial charge >= 0.3 is 0 Å². The Hall–Kier alpha value is -2.00. The molecule has 0 aromatic heterocycles. The van der Waals surface area contributed by atoms with E-state index in [1.165, 1.54) is 5.56 Å². The Balaban J connectivity index is 1.98. The predicted molar refractivity (Wildman–Crippen MR) is 83.9 cm³/mol. The number of fused-ring (bicyclic) bond motifs is 1. The minimum Gasteiger partial charge on any atom is -0.490 e. The van der Waals surface area contributed by atoms with Gasteiger partial charge in [0, 0.05) is 6.42 Å². The van der Waals surface area contributed by atoms with Gasteiger partial charge in [-0.05, 0) is 37.1 Å². The highest BCUT2D eigenvalue weighted by atomic mass is 16.5. The van der Waals surface area contributed by atoms with Gasteiger partial charge in [0.05, 0.1) is 18.8 Å². The van der Waals surface area contributed by atoms with Gasteiger partial charge in [0.25, 0.3) is 0 Å². The molecule has 0 saturated heterocycles. The normalized spacial score (nSPS) is 16.9. The van der Waals surface area contributed by atoms with Crippen molar-refractivity contribution in [1.29, 1.82) is 0 Å². The summed E-state index contributed by atoms with van der Waals surface area (Å²) in [6, 6.07) is 14.3. The Morgan fingerprint density at radius 1 is 0.905 bits per heavy atom. The van der Waals surface area contributed by atoms with Crippen molar-refractivity contribution in [1.82, 2.24) is 0 Å². The Labute approximate surface area is 125 Å². The summed E-state index contributed by atoms with van der Waals surface area (Å²) in [5, 5.41) is 0. The quantitative estimate of drug-likeness (QED) is 0.919. The third-order valence-corrected chi connectivity index (χ3v) is 4.00. The lowest BCUT2D eigenvalue weighted by molar-refractivity contribution is 0.297. The smallest absolute Gasteiger partial charge is 0.161 e. The summed E-state index contributed by atoms with van der Waals surface area (Å²) in [6.07, 6.45) is 0.905. The van der Waals surface area contributed by atoms with Gasteiger partial charge in [-0.25, -0.2) is 0 Å². The van der Waals surface area contributed by atoms with E-state index in [4.69, 9.17) is 15.2 Å². The lowest BCUT2D eigenvalue weighted by atomic mass is 9.85. The highest BCUT2D eigenvalue weighted by Crippen LogP contribution is 2.35. The van der Waals surface area contributed by atoms with E-state index in [9.17, 15) is 0 Å². The van der Waals surface area contributed by atoms with Crippen LogP contribution in [-0.4, -0.2) is 13.2 Å². The lowest BCUT2D eigenvalue weighted by Crippen LogP contribution is -2.34. The van der Waals surface area contributed by atoms with E-state index in [2.05, 4.69) is 31.2 Å². The van der Waals surface area contributed by atoms with Crippen molar-refractivity contribution in [2.45, 2.75) is 25.8 Å². The molecule has 1 aliphatic heterocycles. The van der Waals surface area contributed by atoms with Crippen LogP contribution in [0.3, 0.4) is 0 Å². The Morgan fingerprint density at radius 2 is 1.52 bits per heavy atom. The molecule has 2 aromatic carbocycles. The molecule has 0 saturated carbocycles. The molecule has 2 aromatic rings. The fraction of sp³-hybridized carbons (Fsp3) is 0.333. The topological polar surface area (TPSA) is 44.5 Å². The van der Waals surface area contributed by atoms with Gasteiger partial charge in [-0.2, -0.15) is 0 Å². The van der Waals surface area contributed by atoms with Crippen LogP contribution >= 0.6 is 0 Å². The largest absolute Gasteiger partial charge is 0.490 e. The van der Waals surface area contributed by atoms with Crippen molar-refractivity contribution in [3.63, 3.8) is 0 Å². The number of rotatable bonds is 2. The highest BCUT2D eigenvalue weighted by Gasteiger charge is 2.25. The molecule has 21 heavy (non-hydrogen) atoms. The van der Waals surface area contributed by atoms with Gasteiger partial charge in [0.15, 0.2) is 11.5 Å². The van der Waals surface area contributed by atoms with Gasteiger partial charge in [-0.3, -0.25) is 0 Å². The van der Waals surface area contributed by atoms with Gasteiger partial charge in [0.1, 0.15) is 0 Å². The minimum atomic E-state index is -0.557. The van der Waals surface area contributed by atoms with E-state index < -0.39 is 5.54 Å². The second-order valence-corrected chi connectivity index (χ2v) is 5.78. The number of nitrogens with two attached hydrogens (primary N) is 1. The van der Waals surface area contributed by atoms with Crippen molar-refractivity contribution in [2.24, 2.45) is 5.73 Å². The number of hydrogen-bond acceptors (Lipinski definition) is 3. The van der Waals surface area contributed by atoms with Crippen LogP contribution in [0.4, 0.5) is 0 Å². The molecule has 110 valence electrons. The van der Waals surface area contributed by atoms with Crippen LogP contribution in [0.5, 0.6) is 11.5 Å². The first-order valence-corrected chi connectivity index (χ1v) is 7.33. The van der Waals surface area contributed by atoms with Crippen LogP contribution in [-0.2, 0) is 5.54 Å². The lowest BCUT2D eigenvalue weighted by Gasteiger charge is -2.27. The van der Waals surface area contributed by atoms with E-state index in [0.29, 0.717) is 13.2 Å². The van der Waals surface area contributed by atoms with Crippen LogP contribution < -0.4 is 15.2 Å². The monoisotopic (exact) mass is 283 g/mol. The second-order valence-electron chi connectivity index (χ2n) is 5.78. The maximum Gasteiger partial charge on any atom is 0.161 e. The van der Waals surface area contributed by atoms with Crippen molar-refractivity contribution < 1.29 is 9.47 Å². The van der Waals surface area contributed by atoms with Crippen LogP contribution in [0.2, 0.25) is 0 Å². The maximum absolute atomic E-state index is 6.59. The SMILES string of the molecule is Cc1ccc(C(C)(N)c2ccc3c(c2)OCCCO3)cc1. The molecule has 1 atom stereocenters. The van der Waals surface area contributed by atoms with E-state index in [1.807, 2.05) is 25.1 Å². The molecular weight excluding hydrogens is 262 g/mol. The zero-order chi connectivity index (χ0) is 14.9. The number of aryl methyl sites for hydroxylation is 1.